The van der Waals surface area contributed by atoms with Crippen molar-refractivity contribution in [3.63, 3.8) is 0 Å². The van der Waals surface area contributed by atoms with Gasteiger partial charge in [-0.05, 0) is 54.7 Å². The predicted molar refractivity (Wildman–Crippen MR) is 99.8 cm³/mol. The second-order valence-electron chi connectivity index (χ2n) is 6.71. The Labute approximate surface area is 143 Å². The molecule has 2 aromatic carbocycles. The Morgan fingerprint density at radius 1 is 1.08 bits per heavy atom. The number of nitrogens with one attached hydrogen (secondary N) is 1. The molecule has 0 aliphatic carbocycles. The molecule has 3 rings (SSSR count). The highest BCUT2D eigenvalue weighted by Crippen LogP contribution is 2.27. The molecule has 0 saturated carbocycles. The molecule has 0 radical (unpaired) electrons. The molecule has 4 heteroatoms. The highest BCUT2D eigenvalue weighted by Gasteiger charge is 2.22. The Morgan fingerprint density at radius 3 is 2.38 bits per heavy atom. The summed E-state index contributed by atoms with van der Waals surface area (Å²) < 4.78 is 0. The average Bonchev–Trinajstić information content (AvgIpc) is 3.11. The van der Waals surface area contributed by atoms with Crippen molar-refractivity contribution in [2.75, 3.05) is 24.1 Å². The van der Waals surface area contributed by atoms with Gasteiger partial charge in [-0.2, -0.15) is 0 Å². The van der Waals surface area contributed by atoms with Crippen molar-refractivity contribution >= 4 is 23.0 Å². The molecule has 0 aromatic heterocycles. The average molecular weight is 323 g/mol. The van der Waals surface area contributed by atoms with Crippen LogP contribution in [0.1, 0.15) is 48.5 Å². The number of carbonyl (C=O) groups excluding carboxylic acids is 1. The summed E-state index contributed by atoms with van der Waals surface area (Å²) in [6, 6.07) is 13.8. The quantitative estimate of drug-likeness (QED) is 0.821. The second-order valence-corrected chi connectivity index (χ2v) is 6.71. The van der Waals surface area contributed by atoms with Crippen LogP contribution in [0.3, 0.4) is 0 Å². The molecule has 24 heavy (non-hydrogen) atoms. The largest absolute Gasteiger partial charge is 0.399 e. The molecular weight excluding hydrogens is 298 g/mol. The third-order valence-corrected chi connectivity index (χ3v) is 4.52. The first-order valence-electron chi connectivity index (χ1n) is 8.60. The smallest absolute Gasteiger partial charge is 0.256 e. The van der Waals surface area contributed by atoms with E-state index in [0.29, 0.717) is 17.2 Å². The molecule has 4 nitrogen and oxygen atoms in total. The number of nitrogens with two attached hydrogens (primary N) is 1. The first-order valence-corrected chi connectivity index (χ1v) is 8.60. The van der Waals surface area contributed by atoms with Crippen LogP contribution in [0.15, 0.2) is 42.5 Å². The van der Waals surface area contributed by atoms with Crippen LogP contribution in [0.5, 0.6) is 0 Å². The molecular formula is C20H25N3O. The maximum absolute atomic E-state index is 12.8. The number of nitrogen functional groups attached to an aromatic ring is 1. The highest BCUT2D eigenvalue weighted by molar-refractivity contribution is 6.01. The molecule has 126 valence electrons. The number of benzene rings is 2. The molecule has 0 bridgehead atoms. The number of carbonyl (C=O) groups is 1. The van der Waals surface area contributed by atoms with E-state index in [4.69, 9.17) is 5.73 Å². The van der Waals surface area contributed by atoms with Crippen LogP contribution in [0, 0.1) is 0 Å². The third kappa shape index (κ3) is 3.53. The zero-order valence-corrected chi connectivity index (χ0v) is 14.4. The van der Waals surface area contributed by atoms with Gasteiger partial charge in [-0.1, -0.05) is 26.0 Å². The minimum absolute atomic E-state index is 0.0566. The van der Waals surface area contributed by atoms with E-state index < -0.39 is 0 Å². The summed E-state index contributed by atoms with van der Waals surface area (Å²) in [5.41, 5.74) is 10.2. The van der Waals surface area contributed by atoms with Crippen molar-refractivity contribution in [1.29, 1.82) is 0 Å². The normalized spacial score (nSPS) is 14.2. The topological polar surface area (TPSA) is 58.4 Å². The SMILES string of the molecule is CC(C)c1ccc(Nc2ccc(N)cc2C(=O)N2CCCC2)cc1. The molecule has 0 spiro atoms. The van der Waals surface area contributed by atoms with Gasteiger partial charge in [-0.25, -0.2) is 0 Å². The van der Waals surface area contributed by atoms with Gasteiger partial charge in [-0.15, -0.1) is 0 Å². The number of anilines is 3. The Balaban J connectivity index is 1.86. The number of nitrogens with zero attached hydrogens (tertiary/aromatic N) is 1. The van der Waals surface area contributed by atoms with E-state index in [0.717, 1.165) is 37.3 Å². The van der Waals surface area contributed by atoms with Gasteiger partial charge < -0.3 is 16.0 Å². The van der Waals surface area contributed by atoms with E-state index in [-0.39, 0.29) is 5.91 Å². The van der Waals surface area contributed by atoms with Crippen molar-refractivity contribution in [2.24, 2.45) is 0 Å². The molecule has 1 fully saturated rings. The van der Waals surface area contributed by atoms with Gasteiger partial charge in [0.2, 0.25) is 0 Å². The van der Waals surface area contributed by atoms with Crippen molar-refractivity contribution in [3.05, 3.63) is 53.6 Å². The summed E-state index contributed by atoms with van der Waals surface area (Å²) >= 11 is 0. The van der Waals surface area contributed by atoms with Crippen molar-refractivity contribution in [1.82, 2.24) is 4.90 Å². The lowest BCUT2D eigenvalue weighted by molar-refractivity contribution is 0.0794. The number of hydrogen-bond donors (Lipinski definition) is 2. The molecule has 1 saturated heterocycles. The van der Waals surface area contributed by atoms with Crippen LogP contribution in [0.25, 0.3) is 0 Å². The molecule has 2 aromatic rings. The summed E-state index contributed by atoms with van der Waals surface area (Å²) in [7, 11) is 0. The van der Waals surface area contributed by atoms with Gasteiger partial charge in [0.05, 0.1) is 11.3 Å². The zero-order valence-electron chi connectivity index (χ0n) is 14.4. The van der Waals surface area contributed by atoms with Crippen LogP contribution in [-0.4, -0.2) is 23.9 Å². The fourth-order valence-corrected chi connectivity index (χ4v) is 3.05. The number of amides is 1. The maximum atomic E-state index is 12.8. The molecule has 1 amide bonds. The lowest BCUT2D eigenvalue weighted by Gasteiger charge is -2.19. The number of likely N-dealkylation sites (tertiary alicyclic amines) is 1. The Bertz CT molecular complexity index is 716. The molecule has 1 heterocycles. The molecule has 3 N–H and O–H groups in total. The van der Waals surface area contributed by atoms with Gasteiger partial charge in [0, 0.05) is 24.5 Å². The molecule has 1 aliphatic rings. The van der Waals surface area contributed by atoms with Gasteiger partial charge >= 0.3 is 0 Å². The zero-order chi connectivity index (χ0) is 17.1. The van der Waals surface area contributed by atoms with E-state index in [1.165, 1.54) is 5.56 Å². The van der Waals surface area contributed by atoms with Crippen LogP contribution in [0.4, 0.5) is 17.1 Å². The first-order chi connectivity index (χ1) is 11.5. The monoisotopic (exact) mass is 323 g/mol. The minimum Gasteiger partial charge on any atom is -0.399 e. The van der Waals surface area contributed by atoms with E-state index in [1.54, 1.807) is 6.07 Å². The molecule has 0 atom stereocenters. The van der Waals surface area contributed by atoms with Crippen molar-refractivity contribution in [3.8, 4) is 0 Å². The minimum atomic E-state index is 0.0566. The van der Waals surface area contributed by atoms with Gasteiger partial charge in [-0.3, -0.25) is 4.79 Å². The van der Waals surface area contributed by atoms with Crippen molar-refractivity contribution < 1.29 is 4.79 Å². The second kappa shape index (κ2) is 6.95. The summed E-state index contributed by atoms with van der Waals surface area (Å²) in [6.45, 7) is 6.01. The lowest BCUT2D eigenvalue weighted by atomic mass is 10.0. The number of rotatable bonds is 4. The van der Waals surface area contributed by atoms with Gasteiger partial charge in [0.1, 0.15) is 0 Å². The summed E-state index contributed by atoms with van der Waals surface area (Å²) in [4.78, 5) is 14.7. The summed E-state index contributed by atoms with van der Waals surface area (Å²) in [6.07, 6.45) is 2.15. The Morgan fingerprint density at radius 2 is 1.75 bits per heavy atom. The van der Waals surface area contributed by atoms with E-state index >= 15 is 0 Å². The van der Waals surface area contributed by atoms with Crippen LogP contribution >= 0.6 is 0 Å². The third-order valence-electron chi connectivity index (χ3n) is 4.52. The van der Waals surface area contributed by atoms with E-state index in [1.807, 2.05) is 17.0 Å². The standard InChI is InChI=1S/C20H25N3O/c1-14(2)15-5-8-17(9-6-15)22-19-10-7-16(21)13-18(19)20(24)23-11-3-4-12-23/h5-10,13-14,22H,3-4,11-12,21H2,1-2H3. The molecule has 1 aliphatic heterocycles. The first kappa shape index (κ1) is 16.4. The van der Waals surface area contributed by atoms with Gasteiger partial charge in [0.25, 0.3) is 5.91 Å². The van der Waals surface area contributed by atoms with Crippen LogP contribution in [-0.2, 0) is 0 Å². The molecule has 0 unspecified atom stereocenters. The highest BCUT2D eigenvalue weighted by atomic mass is 16.2. The summed E-state index contributed by atoms with van der Waals surface area (Å²) in [5.74, 6) is 0.559. The Hall–Kier alpha value is -2.49. The van der Waals surface area contributed by atoms with Crippen LogP contribution < -0.4 is 11.1 Å². The predicted octanol–water partition coefficient (Wildman–Crippen LogP) is 4.37. The lowest BCUT2D eigenvalue weighted by Crippen LogP contribution is -2.28. The van der Waals surface area contributed by atoms with E-state index in [2.05, 4.69) is 43.4 Å². The number of hydrogen-bond acceptors (Lipinski definition) is 3. The van der Waals surface area contributed by atoms with E-state index in [9.17, 15) is 4.79 Å². The van der Waals surface area contributed by atoms with Gasteiger partial charge in [0.15, 0.2) is 0 Å². The fourth-order valence-electron chi connectivity index (χ4n) is 3.05. The van der Waals surface area contributed by atoms with Crippen molar-refractivity contribution in [2.45, 2.75) is 32.6 Å². The Kier molecular flexibility index (Phi) is 4.74. The summed E-state index contributed by atoms with van der Waals surface area (Å²) in [5, 5.41) is 3.37. The maximum Gasteiger partial charge on any atom is 0.256 e. The van der Waals surface area contributed by atoms with Crippen LogP contribution in [0.2, 0.25) is 0 Å². The fraction of sp³-hybridized carbons (Fsp3) is 0.350.